The van der Waals surface area contributed by atoms with E-state index in [4.69, 9.17) is 14.2 Å². The molecular weight excluding hydrogens is 256 g/mol. The van der Waals surface area contributed by atoms with E-state index in [1.54, 1.807) is 25.6 Å². The maximum atomic E-state index is 11.6. The predicted octanol–water partition coefficient (Wildman–Crippen LogP) is 1.60. The molecule has 1 heterocycles. The van der Waals surface area contributed by atoms with Crippen molar-refractivity contribution in [3.63, 3.8) is 0 Å². The number of rotatable bonds is 5. The van der Waals surface area contributed by atoms with Crippen LogP contribution in [-0.2, 0) is 23.8 Å². The topological polar surface area (TPSA) is 61.8 Å². The first-order valence-electron chi connectivity index (χ1n) is 6.02. The molecule has 0 amide bonds. The highest BCUT2D eigenvalue weighted by molar-refractivity contribution is 7.99. The fraction of sp³-hybridized carbons (Fsp3) is 0.833. The van der Waals surface area contributed by atoms with Crippen LogP contribution in [0.4, 0.5) is 0 Å². The first kappa shape index (κ1) is 15.3. The second-order valence-corrected chi connectivity index (χ2v) is 5.83. The van der Waals surface area contributed by atoms with E-state index in [9.17, 15) is 9.59 Å². The number of carbonyl (C=O) groups is 2. The monoisotopic (exact) mass is 276 g/mol. The Morgan fingerprint density at radius 1 is 1.44 bits per heavy atom. The van der Waals surface area contributed by atoms with E-state index in [1.807, 2.05) is 6.92 Å². The Morgan fingerprint density at radius 2 is 2.17 bits per heavy atom. The van der Waals surface area contributed by atoms with E-state index in [2.05, 4.69) is 0 Å². The molecule has 0 N–H and O–H groups in total. The van der Waals surface area contributed by atoms with Gasteiger partial charge in [-0.2, -0.15) is 11.8 Å². The van der Waals surface area contributed by atoms with Gasteiger partial charge in [0.15, 0.2) is 6.61 Å². The fourth-order valence-electron chi connectivity index (χ4n) is 1.18. The van der Waals surface area contributed by atoms with E-state index in [0.717, 1.165) is 5.75 Å². The third-order valence-electron chi connectivity index (χ3n) is 2.81. The van der Waals surface area contributed by atoms with Crippen LogP contribution in [0.25, 0.3) is 0 Å². The molecule has 0 aromatic heterocycles. The average molecular weight is 276 g/mol. The summed E-state index contributed by atoms with van der Waals surface area (Å²) in [7, 11) is 0. The van der Waals surface area contributed by atoms with Crippen molar-refractivity contribution >= 4 is 23.7 Å². The molecule has 18 heavy (non-hydrogen) atoms. The highest BCUT2D eigenvalue weighted by atomic mass is 32.2. The minimum Gasteiger partial charge on any atom is -0.453 e. The summed E-state index contributed by atoms with van der Waals surface area (Å²) < 4.78 is 15.2. The summed E-state index contributed by atoms with van der Waals surface area (Å²) >= 11 is 1.67. The lowest BCUT2D eigenvalue weighted by atomic mass is 9.91. The number of thioether (sulfide) groups is 1. The summed E-state index contributed by atoms with van der Waals surface area (Å²) in [6, 6.07) is 0. The number of carbonyl (C=O) groups excluding carboxylic acids is 2. The summed E-state index contributed by atoms with van der Waals surface area (Å²) in [5.74, 6) is 0.581. The zero-order chi connectivity index (χ0) is 13.6. The van der Waals surface area contributed by atoms with Gasteiger partial charge in [-0.05, 0) is 20.3 Å². The van der Waals surface area contributed by atoms with Crippen LogP contribution in [0.5, 0.6) is 0 Å². The molecule has 6 heteroatoms. The molecule has 1 rings (SSSR count). The van der Waals surface area contributed by atoms with E-state index in [1.165, 1.54) is 0 Å². The summed E-state index contributed by atoms with van der Waals surface area (Å²) in [5.41, 5.74) is -0.572. The molecule has 1 atom stereocenters. The van der Waals surface area contributed by atoms with Gasteiger partial charge >= 0.3 is 11.9 Å². The molecule has 104 valence electrons. The first-order chi connectivity index (χ1) is 8.45. The molecule has 0 spiro atoms. The zero-order valence-electron chi connectivity index (χ0n) is 11.1. The van der Waals surface area contributed by atoms with Gasteiger partial charge in [-0.25, -0.2) is 4.79 Å². The van der Waals surface area contributed by atoms with Gasteiger partial charge in [-0.15, -0.1) is 0 Å². The molecule has 0 bridgehead atoms. The van der Waals surface area contributed by atoms with Crippen molar-refractivity contribution in [2.24, 2.45) is 5.41 Å². The second-order valence-electron chi connectivity index (χ2n) is 4.68. The average Bonchev–Trinajstić information content (AvgIpc) is 2.37. The van der Waals surface area contributed by atoms with Crippen molar-refractivity contribution in [1.29, 1.82) is 0 Å². The van der Waals surface area contributed by atoms with E-state index in [-0.39, 0.29) is 12.6 Å². The summed E-state index contributed by atoms with van der Waals surface area (Å²) in [6.07, 6.45) is 0.137. The summed E-state index contributed by atoms with van der Waals surface area (Å²) in [5, 5.41) is 0. The molecule has 0 aromatic rings. The maximum absolute atomic E-state index is 11.6. The molecule has 1 saturated heterocycles. The second kappa shape index (κ2) is 6.99. The summed E-state index contributed by atoms with van der Waals surface area (Å²) in [4.78, 5) is 23.1. The Balaban J connectivity index is 2.26. The van der Waals surface area contributed by atoms with Crippen LogP contribution in [-0.4, -0.2) is 42.9 Å². The van der Waals surface area contributed by atoms with Crippen molar-refractivity contribution in [3.05, 3.63) is 0 Å². The van der Waals surface area contributed by atoms with Crippen molar-refractivity contribution in [3.8, 4) is 0 Å². The van der Waals surface area contributed by atoms with Crippen molar-refractivity contribution in [1.82, 2.24) is 0 Å². The lowest BCUT2D eigenvalue weighted by molar-refractivity contribution is -0.183. The van der Waals surface area contributed by atoms with Crippen molar-refractivity contribution in [2.45, 2.75) is 33.5 Å². The van der Waals surface area contributed by atoms with Gasteiger partial charge in [-0.1, -0.05) is 6.92 Å². The minimum atomic E-state index is -0.572. The molecular formula is C12H20O5S. The predicted molar refractivity (Wildman–Crippen MR) is 68.2 cm³/mol. The molecule has 1 unspecified atom stereocenters. The van der Waals surface area contributed by atoms with Crippen molar-refractivity contribution in [2.75, 3.05) is 24.7 Å². The van der Waals surface area contributed by atoms with Crippen LogP contribution in [0.2, 0.25) is 0 Å². The van der Waals surface area contributed by atoms with Crippen LogP contribution >= 0.6 is 11.8 Å². The van der Waals surface area contributed by atoms with Gasteiger partial charge in [0, 0.05) is 5.75 Å². The number of ether oxygens (including phenoxy) is 3. The standard InChI is InChI=1S/C12H20O5S/c1-4-12(2,3)11(14)16-7-9(13)17-10-8-18-6-5-15-10/h10H,4-8H2,1-3H3. The molecule has 1 aliphatic rings. The van der Waals surface area contributed by atoms with Gasteiger partial charge in [-0.3, -0.25) is 4.79 Å². The third-order valence-corrected chi connectivity index (χ3v) is 3.77. The number of esters is 2. The van der Waals surface area contributed by atoms with E-state index in [0.29, 0.717) is 18.8 Å². The van der Waals surface area contributed by atoms with Crippen LogP contribution < -0.4 is 0 Å². The zero-order valence-corrected chi connectivity index (χ0v) is 11.9. The molecule has 5 nitrogen and oxygen atoms in total. The van der Waals surface area contributed by atoms with Crippen LogP contribution in [0.15, 0.2) is 0 Å². The Morgan fingerprint density at radius 3 is 2.72 bits per heavy atom. The molecule has 0 radical (unpaired) electrons. The summed E-state index contributed by atoms with van der Waals surface area (Å²) in [6.45, 7) is 5.67. The quantitative estimate of drug-likeness (QED) is 0.711. The van der Waals surface area contributed by atoms with Gasteiger partial charge in [0.25, 0.3) is 0 Å². The molecule has 0 saturated carbocycles. The van der Waals surface area contributed by atoms with E-state index < -0.39 is 17.7 Å². The third kappa shape index (κ3) is 4.86. The van der Waals surface area contributed by atoms with Crippen LogP contribution in [0.1, 0.15) is 27.2 Å². The molecule has 0 aliphatic carbocycles. The SMILES string of the molecule is CCC(C)(C)C(=O)OCC(=O)OC1CSCCO1. The number of hydrogen-bond acceptors (Lipinski definition) is 6. The Kier molecular flexibility index (Phi) is 5.95. The largest absolute Gasteiger partial charge is 0.453 e. The Bertz CT molecular complexity index is 297. The Hall–Kier alpha value is -0.750. The molecule has 0 aromatic carbocycles. The van der Waals surface area contributed by atoms with Gasteiger partial charge in [0.1, 0.15) is 0 Å². The van der Waals surface area contributed by atoms with Crippen molar-refractivity contribution < 1.29 is 23.8 Å². The van der Waals surface area contributed by atoms with Gasteiger partial charge in [0.2, 0.25) is 6.29 Å². The highest BCUT2D eigenvalue weighted by Crippen LogP contribution is 2.21. The molecule has 1 aliphatic heterocycles. The van der Waals surface area contributed by atoms with Gasteiger partial charge < -0.3 is 14.2 Å². The van der Waals surface area contributed by atoms with Crippen LogP contribution in [0, 0.1) is 5.41 Å². The minimum absolute atomic E-state index is 0.354. The van der Waals surface area contributed by atoms with Gasteiger partial charge in [0.05, 0.1) is 17.8 Å². The first-order valence-corrected chi connectivity index (χ1v) is 7.17. The molecule has 1 fully saturated rings. The number of hydrogen-bond donors (Lipinski definition) is 0. The normalized spacial score (nSPS) is 20.3. The Labute approximate surface area is 112 Å². The van der Waals surface area contributed by atoms with Crippen LogP contribution in [0.3, 0.4) is 0 Å². The van der Waals surface area contributed by atoms with E-state index >= 15 is 0 Å². The highest BCUT2D eigenvalue weighted by Gasteiger charge is 2.28. The fourth-order valence-corrected chi connectivity index (χ4v) is 1.92. The lowest BCUT2D eigenvalue weighted by Gasteiger charge is -2.23. The smallest absolute Gasteiger partial charge is 0.346 e. The maximum Gasteiger partial charge on any atom is 0.346 e. The lowest BCUT2D eigenvalue weighted by Crippen LogP contribution is -2.32.